The number of aliphatic carboxylic acids is 1. The first kappa shape index (κ1) is 104. The van der Waals surface area contributed by atoms with E-state index in [1.165, 1.54) is 26.8 Å². The molecule has 4 saturated carbocycles. The first-order valence-corrected chi connectivity index (χ1v) is 44.8. The van der Waals surface area contributed by atoms with Crippen LogP contribution in [0.3, 0.4) is 0 Å². The number of nitrogens with zero attached hydrogens (tertiary/aromatic N) is 1. The minimum atomic E-state index is -4.54. The van der Waals surface area contributed by atoms with Gasteiger partial charge in [-0.25, -0.2) is 13.2 Å². The van der Waals surface area contributed by atoms with Gasteiger partial charge in [-0.3, -0.25) is 33.6 Å². The molecule has 686 valence electrons. The number of carbonyl (C=O) groups is 8. The van der Waals surface area contributed by atoms with E-state index in [9.17, 15) is 107 Å². The molecule has 0 aromatic rings. The average molecular weight is 1760 g/mol. The molecule has 15 N–H and O–H groups in total. The zero-order valence-corrected chi connectivity index (χ0v) is 73.9. The van der Waals surface area contributed by atoms with Crippen molar-refractivity contribution in [3.63, 3.8) is 0 Å². The third-order valence-corrected chi connectivity index (χ3v) is 25.5. The Bertz CT molecular complexity index is 3430. The number of rotatable bonds is 39. The van der Waals surface area contributed by atoms with E-state index in [1.807, 2.05) is 20.8 Å². The molecule has 5 heterocycles. The van der Waals surface area contributed by atoms with Crippen molar-refractivity contribution in [2.75, 3.05) is 45.1 Å². The number of amides is 5. The van der Waals surface area contributed by atoms with Crippen molar-refractivity contribution in [3.8, 4) is 0 Å². The number of ketones is 2. The standard InChI is InChI=1S/C43H71N3O14.C39H64N2O18S.Na/c1-5-7-16-33(50)44-17-11-15-29(49)28-21-27(6-2)39(60-43-38(54)37(53)35(51)24(3)56-43)30(22-28)58-42-34(45-25(4)48)40(36(52)32(23-47)59-42)57-31(41(55)46-18-12-19-46)20-26-13-9-8-10-14-26;1-4-23-17-24(25(44)12-8-14-40-29(45)13-9-15-60(52,53)54)18-26(35(23)59-39-34(49)33(48)31(46)20(2)55-39)57-38-30(41-21(3)43)36(32(47)28(19-42)58-38)56-27(37(50)51)16-22-10-6-5-7-11-22;/h7,16,24,26-28,30-32,34-40,42-43,47,51-54H,5-6,8-15,17-23H2,1-4H3,(H,44,50)(H,45,48);9,13,20,22-24,26-28,30-36,38-39,42,46-49H,4-8,10-12,14-19H2,1-3H3,(H,40,45)(H,41,43)(H,50,51)(H,52,53,54);/q;;+1/p-1/b16-7+;13-9+;/t24?,27?,28?,30-,31+,32+,34?,35-,36+,37+,38?,39-,40?,42-,43+;20?,23?,24?,26-,27+,28+,30?,31-,32+,33+,34?,35-,36?,38-,39+;/m11./s1. The minimum absolute atomic E-state index is 0. The van der Waals surface area contributed by atoms with Crippen LogP contribution in [0.4, 0.5) is 0 Å². The zero-order valence-electron chi connectivity index (χ0n) is 71.1. The van der Waals surface area contributed by atoms with E-state index in [0.717, 1.165) is 89.2 Å². The maximum atomic E-state index is 13.9. The van der Waals surface area contributed by atoms with Crippen molar-refractivity contribution < 1.29 is 184 Å². The summed E-state index contributed by atoms with van der Waals surface area (Å²) in [4.78, 5) is 106. The van der Waals surface area contributed by atoms with Gasteiger partial charge in [-0.05, 0) is 114 Å². The van der Waals surface area contributed by atoms with E-state index >= 15 is 0 Å². The normalized spacial score (nSPS) is 36.2. The molecule has 9 rings (SSSR count). The van der Waals surface area contributed by atoms with Gasteiger partial charge in [0, 0.05) is 64.7 Å². The van der Waals surface area contributed by atoms with Gasteiger partial charge >= 0.3 is 35.5 Å². The topological polar surface area (TPSA) is 560 Å². The Hall–Kier alpha value is -4.25. The third-order valence-electron chi connectivity index (χ3n) is 24.9. The van der Waals surface area contributed by atoms with Gasteiger partial charge in [0.05, 0.1) is 65.7 Å². The van der Waals surface area contributed by atoms with Crippen LogP contribution in [0.1, 0.15) is 203 Å². The van der Waals surface area contributed by atoms with Gasteiger partial charge in [0.1, 0.15) is 103 Å². The molecule has 37 nitrogen and oxygen atoms in total. The second-order valence-electron chi connectivity index (χ2n) is 33.8. The summed E-state index contributed by atoms with van der Waals surface area (Å²) < 4.78 is 95.2. The van der Waals surface area contributed by atoms with E-state index in [2.05, 4.69) is 21.3 Å². The van der Waals surface area contributed by atoms with E-state index < -0.39 is 230 Å². The van der Waals surface area contributed by atoms with E-state index in [0.29, 0.717) is 51.7 Å². The second-order valence-corrected chi connectivity index (χ2v) is 35.3. The summed E-state index contributed by atoms with van der Waals surface area (Å²) in [6.45, 7) is 11.4. The smallest absolute Gasteiger partial charge is 0.748 e. The molecule has 0 radical (unpaired) electrons. The average Bonchev–Trinajstić information content (AvgIpc) is 0.775. The number of Topliss-reactive ketones (excluding diaryl/α,β-unsaturated/α-hetero) is 2. The number of aliphatic hydroxyl groups is 10. The molecule has 0 spiro atoms. The van der Waals surface area contributed by atoms with Crippen molar-refractivity contribution in [1.82, 2.24) is 26.2 Å². The Kier molecular flexibility index (Phi) is 43.3. The monoisotopic (exact) mass is 1760 g/mol. The molecule has 0 aromatic heterocycles. The van der Waals surface area contributed by atoms with Gasteiger partial charge < -0.3 is 134 Å². The number of aliphatic hydroxyl groups excluding tert-OH is 10. The SMILES string of the molecule is CC/C=C/C(=O)NCCCC(=O)C1CC(CC)[C@@H](O[C@@H]2OC(C)[C@@H](O)[C@H](O)C2O)[C@H](O[C@@H]2O[C@@H](CO)[C@H](O)C(O[C@@H](CC3CCCCC3)C(=O)N3CCC3)C2NC(C)=O)C1.CCC1CC(C(=O)CCCNC(=O)/C=C/CS(=O)(=O)[O-])C[C@@H](O[C@@H]2O[C@@H](CO)[C@H](O)C(O[C@@H](CC3CCCCC3)C(=O)O)C2NC(C)=O)[C@@H]1O[C@@H]1OC(C)[C@@H](O)[C@H](O)C1O.[Na+]. The summed E-state index contributed by atoms with van der Waals surface area (Å²) in [6.07, 6.45) is -12.2. The summed E-state index contributed by atoms with van der Waals surface area (Å²) in [5, 5.41) is 129. The van der Waals surface area contributed by atoms with Crippen LogP contribution in [0.15, 0.2) is 24.3 Å². The van der Waals surface area contributed by atoms with Gasteiger partial charge in [-0.15, -0.1) is 0 Å². The number of hydrogen-bond donors (Lipinski definition) is 15. The van der Waals surface area contributed by atoms with Gasteiger partial charge in [0.2, 0.25) is 23.6 Å². The molecule has 5 saturated heterocycles. The number of carboxylic acids is 1. The van der Waals surface area contributed by atoms with Crippen LogP contribution < -0.4 is 50.8 Å². The van der Waals surface area contributed by atoms with Crippen LogP contribution in [-0.4, -0.2) is 326 Å². The molecule has 4 aliphatic carbocycles. The molecule has 5 aliphatic heterocycles. The number of carboxylic acid groups (broad SMARTS) is 1. The molecular formula is C82H134N5NaO32S. The molecule has 9 aliphatic rings. The van der Waals surface area contributed by atoms with Crippen molar-refractivity contribution in [1.29, 1.82) is 0 Å². The first-order valence-electron chi connectivity index (χ1n) is 43.2. The molecular weight excluding hydrogens is 1620 g/mol. The fourth-order valence-electron chi connectivity index (χ4n) is 18.0. The molecule has 12 unspecified atom stereocenters. The molecule has 30 atom stereocenters. The number of ether oxygens (including phenoxy) is 10. The number of nitrogens with one attached hydrogen (secondary N) is 4. The van der Waals surface area contributed by atoms with Crippen LogP contribution >= 0.6 is 0 Å². The van der Waals surface area contributed by atoms with Crippen molar-refractivity contribution in [3.05, 3.63) is 24.3 Å². The number of likely N-dealkylation sites (tertiary alicyclic amines) is 1. The molecule has 0 bridgehead atoms. The van der Waals surface area contributed by atoms with E-state index in [-0.39, 0.29) is 122 Å². The first-order chi connectivity index (χ1) is 57.1. The summed E-state index contributed by atoms with van der Waals surface area (Å²) in [6, 6.07) is -2.53. The fraction of sp³-hybridized carbons (Fsp3) is 0.854. The van der Waals surface area contributed by atoms with E-state index in [1.54, 1.807) is 17.9 Å². The Balaban J connectivity index is 0.000000331. The second kappa shape index (κ2) is 50.5. The Morgan fingerprint density at radius 1 is 0.512 bits per heavy atom. The predicted molar refractivity (Wildman–Crippen MR) is 422 cm³/mol. The zero-order chi connectivity index (χ0) is 87.8. The number of hydrogen-bond acceptors (Lipinski definition) is 31. The quantitative estimate of drug-likeness (QED) is 0.0126. The van der Waals surface area contributed by atoms with Gasteiger partial charge in [-0.1, -0.05) is 110 Å². The minimum Gasteiger partial charge on any atom is -0.748 e. The van der Waals surface area contributed by atoms with Gasteiger partial charge in [0.25, 0.3) is 5.91 Å². The number of carbonyl (C=O) groups excluding carboxylic acids is 7. The third kappa shape index (κ3) is 30.2. The van der Waals surface area contributed by atoms with E-state index in [4.69, 9.17) is 47.4 Å². The molecule has 121 heavy (non-hydrogen) atoms. The largest absolute Gasteiger partial charge is 1.00 e. The van der Waals surface area contributed by atoms with Crippen molar-refractivity contribution in [2.24, 2.45) is 35.5 Å². The van der Waals surface area contributed by atoms with Gasteiger partial charge in [-0.2, -0.15) is 0 Å². The Labute approximate surface area is 730 Å². The van der Waals surface area contributed by atoms with Crippen LogP contribution in [0.25, 0.3) is 0 Å². The maximum Gasteiger partial charge on any atom is 1.00 e. The van der Waals surface area contributed by atoms with Crippen LogP contribution in [0.2, 0.25) is 0 Å². The van der Waals surface area contributed by atoms with Crippen LogP contribution in [-0.2, 0) is 95.8 Å². The predicted octanol–water partition coefficient (Wildman–Crippen LogP) is -3.03. The van der Waals surface area contributed by atoms with Crippen molar-refractivity contribution >= 4 is 57.2 Å². The summed E-state index contributed by atoms with van der Waals surface area (Å²) in [7, 11) is -4.54. The molecule has 39 heteroatoms. The fourth-order valence-corrected chi connectivity index (χ4v) is 18.3. The Morgan fingerprint density at radius 2 is 0.917 bits per heavy atom. The van der Waals surface area contributed by atoms with Crippen LogP contribution in [0, 0.1) is 35.5 Å². The Morgan fingerprint density at radius 3 is 1.28 bits per heavy atom. The van der Waals surface area contributed by atoms with Crippen LogP contribution in [0.5, 0.6) is 0 Å². The summed E-state index contributed by atoms with van der Waals surface area (Å²) in [5.41, 5.74) is 0. The molecule has 0 aromatic carbocycles. The maximum absolute atomic E-state index is 13.9. The van der Waals surface area contributed by atoms with Crippen molar-refractivity contribution in [2.45, 2.75) is 362 Å². The molecule has 9 fully saturated rings. The number of allylic oxidation sites excluding steroid dienone is 1. The summed E-state index contributed by atoms with van der Waals surface area (Å²) >= 11 is 0. The molecule has 5 amide bonds. The van der Waals surface area contributed by atoms with Gasteiger partial charge in [0.15, 0.2) is 31.3 Å². The summed E-state index contributed by atoms with van der Waals surface area (Å²) in [5.74, 6) is -6.27.